The van der Waals surface area contributed by atoms with Crippen LogP contribution in [0.5, 0.6) is 0 Å². The van der Waals surface area contributed by atoms with Crippen molar-refractivity contribution >= 4 is 17.6 Å². The molecular weight excluding hydrogens is 400 g/mol. The molecule has 3 heterocycles. The maximum absolute atomic E-state index is 12.5. The molecule has 1 aromatic heterocycles. The van der Waals surface area contributed by atoms with Gasteiger partial charge in [0.2, 0.25) is 0 Å². The predicted molar refractivity (Wildman–Crippen MR) is 119 cm³/mol. The van der Waals surface area contributed by atoms with Gasteiger partial charge in [0.25, 0.3) is 0 Å². The van der Waals surface area contributed by atoms with E-state index in [0.717, 1.165) is 56.3 Å². The molecule has 2 amide bonds. The Bertz CT molecular complexity index is 782. The van der Waals surface area contributed by atoms with Crippen LogP contribution in [-0.4, -0.2) is 54.6 Å². The third-order valence-corrected chi connectivity index (χ3v) is 6.40. The number of furan rings is 1. The van der Waals surface area contributed by atoms with Gasteiger partial charge >= 0.3 is 6.03 Å². The maximum Gasteiger partial charge on any atom is 0.315 e. The Morgan fingerprint density at radius 3 is 2.50 bits per heavy atom. The van der Waals surface area contributed by atoms with Gasteiger partial charge in [0.1, 0.15) is 5.76 Å². The van der Waals surface area contributed by atoms with Crippen LogP contribution in [0, 0.1) is 0 Å². The van der Waals surface area contributed by atoms with Crippen molar-refractivity contribution in [2.45, 2.75) is 44.3 Å². The van der Waals surface area contributed by atoms with Crippen molar-refractivity contribution in [3.63, 3.8) is 0 Å². The highest BCUT2D eigenvalue weighted by Crippen LogP contribution is 2.25. The molecule has 0 spiro atoms. The number of likely N-dealkylation sites (tertiary alicyclic amines) is 2. The Hall–Kier alpha value is -2.02. The molecule has 0 aliphatic carbocycles. The van der Waals surface area contributed by atoms with Crippen molar-refractivity contribution in [2.24, 2.45) is 0 Å². The Balaban J connectivity index is 1.20. The monoisotopic (exact) mass is 430 g/mol. The van der Waals surface area contributed by atoms with Gasteiger partial charge in [-0.25, -0.2) is 4.79 Å². The molecule has 2 N–H and O–H groups in total. The smallest absolute Gasteiger partial charge is 0.315 e. The number of nitrogens with zero attached hydrogens (tertiary/aromatic N) is 2. The average molecular weight is 431 g/mol. The summed E-state index contributed by atoms with van der Waals surface area (Å²) in [7, 11) is 0. The van der Waals surface area contributed by atoms with Crippen molar-refractivity contribution < 1.29 is 9.21 Å². The number of benzene rings is 1. The van der Waals surface area contributed by atoms with Crippen LogP contribution in [0.1, 0.15) is 43.0 Å². The molecule has 6 nitrogen and oxygen atoms in total. The lowest BCUT2D eigenvalue weighted by atomic mass is 10.0. The summed E-state index contributed by atoms with van der Waals surface area (Å²) in [5.41, 5.74) is 1.27. The van der Waals surface area contributed by atoms with Gasteiger partial charge in [0, 0.05) is 37.2 Å². The third kappa shape index (κ3) is 5.78. The number of rotatable bonds is 7. The molecule has 4 rings (SSSR count). The number of piperidine rings is 1. The molecule has 0 bridgehead atoms. The molecule has 1 atom stereocenters. The highest BCUT2D eigenvalue weighted by atomic mass is 35.5. The van der Waals surface area contributed by atoms with Gasteiger partial charge in [-0.3, -0.25) is 9.80 Å². The Morgan fingerprint density at radius 2 is 1.83 bits per heavy atom. The highest BCUT2D eigenvalue weighted by Gasteiger charge is 2.26. The number of carbonyl (C=O) groups excluding carboxylic acids is 1. The van der Waals surface area contributed by atoms with E-state index in [1.165, 1.54) is 18.4 Å². The topological polar surface area (TPSA) is 60.8 Å². The Labute approximate surface area is 183 Å². The van der Waals surface area contributed by atoms with Gasteiger partial charge < -0.3 is 15.1 Å². The molecule has 7 heteroatoms. The van der Waals surface area contributed by atoms with Crippen LogP contribution in [-0.2, 0) is 6.54 Å². The lowest BCUT2D eigenvalue weighted by molar-refractivity contribution is 0.181. The number of hydrogen-bond donors (Lipinski definition) is 2. The summed E-state index contributed by atoms with van der Waals surface area (Å²) in [5.74, 6) is 0.924. The van der Waals surface area contributed by atoms with E-state index in [1.54, 1.807) is 6.26 Å². The first-order valence-electron chi connectivity index (χ1n) is 11.0. The molecule has 162 valence electrons. The number of carbonyl (C=O) groups is 1. The molecule has 2 aliphatic heterocycles. The van der Waals surface area contributed by atoms with Gasteiger partial charge in [0.15, 0.2) is 0 Å². The molecule has 30 heavy (non-hydrogen) atoms. The summed E-state index contributed by atoms with van der Waals surface area (Å²) in [6.07, 6.45) is 6.05. The van der Waals surface area contributed by atoms with E-state index >= 15 is 0 Å². The fraction of sp³-hybridized carbons (Fsp3) is 0.522. The first-order valence-corrected chi connectivity index (χ1v) is 11.3. The number of hydrogen-bond acceptors (Lipinski definition) is 4. The van der Waals surface area contributed by atoms with Crippen molar-refractivity contribution in [3.8, 4) is 0 Å². The summed E-state index contributed by atoms with van der Waals surface area (Å²) in [5, 5.41) is 7.00. The van der Waals surface area contributed by atoms with Gasteiger partial charge in [0.05, 0.1) is 12.3 Å². The van der Waals surface area contributed by atoms with Crippen LogP contribution in [0.2, 0.25) is 5.02 Å². The number of halogens is 1. The SMILES string of the molecule is O=C(NCC(c1ccco1)N1CCCC1)NC1CCN(Cc2ccc(Cl)cc2)CC1. The molecule has 0 saturated carbocycles. The minimum atomic E-state index is -0.0816. The van der Waals surface area contributed by atoms with Gasteiger partial charge in [-0.2, -0.15) is 0 Å². The first kappa shape index (κ1) is 21.2. The number of urea groups is 1. The van der Waals surface area contributed by atoms with Gasteiger partial charge in [-0.05, 0) is 68.6 Å². The van der Waals surface area contributed by atoms with E-state index in [1.807, 2.05) is 24.3 Å². The van der Waals surface area contributed by atoms with E-state index in [4.69, 9.17) is 16.0 Å². The van der Waals surface area contributed by atoms with Crippen molar-refractivity contribution in [1.82, 2.24) is 20.4 Å². The molecule has 2 fully saturated rings. The summed E-state index contributed by atoms with van der Waals surface area (Å²) in [6.45, 7) is 5.57. The zero-order valence-electron chi connectivity index (χ0n) is 17.4. The van der Waals surface area contributed by atoms with Crippen LogP contribution in [0.3, 0.4) is 0 Å². The standard InChI is InChI=1S/C23H31ClN4O2/c24-19-7-5-18(6-8-19)17-27-13-9-20(10-14-27)26-23(29)25-16-21(22-4-3-15-30-22)28-11-1-2-12-28/h3-8,15,20-21H,1-2,9-14,16-17H2,(H2,25,26,29). The summed E-state index contributed by atoms with van der Waals surface area (Å²) in [6, 6.07) is 12.2. The van der Waals surface area contributed by atoms with Crippen LogP contribution in [0.25, 0.3) is 0 Å². The lowest BCUT2D eigenvalue weighted by Crippen LogP contribution is -2.49. The first-order chi connectivity index (χ1) is 14.7. The number of nitrogens with one attached hydrogen (secondary N) is 2. The molecule has 1 aromatic carbocycles. The van der Waals surface area contributed by atoms with Crippen LogP contribution in [0.4, 0.5) is 4.79 Å². The maximum atomic E-state index is 12.5. The minimum absolute atomic E-state index is 0.0816. The Kier molecular flexibility index (Phi) is 7.31. The normalized spacial score (nSPS) is 19.6. The minimum Gasteiger partial charge on any atom is -0.468 e. The second-order valence-corrected chi connectivity index (χ2v) is 8.74. The van der Waals surface area contributed by atoms with E-state index in [2.05, 4.69) is 32.6 Å². The molecule has 0 radical (unpaired) electrons. The molecule has 1 unspecified atom stereocenters. The van der Waals surface area contributed by atoms with E-state index in [9.17, 15) is 4.79 Å². The van der Waals surface area contributed by atoms with Crippen LogP contribution >= 0.6 is 11.6 Å². The second kappa shape index (κ2) is 10.3. The molecule has 2 aliphatic rings. The predicted octanol–water partition coefficient (Wildman–Crippen LogP) is 4.03. The summed E-state index contributed by atoms with van der Waals surface area (Å²) >= 11 is 5.97. The van der Waals surface area contributed by atoms with Gasteiger partial charge in [-0.15, -0.1) is 0 Å². The summed E-state index contributed by atoms with van der Waals surface area (Å²) < 4.78 is 5.63. The van der Waals surface area contributed by atoms with Crippen LogP contribution in [0.15, 0.2) is 47.1 Å². The fourth-order valence-electron chi connectivity index (χ4n) is 4.45. The molecule has 2 aromatic rings. The zero-order valence-corrected chi connectivity index (χ0v) is 18.1. The van der Waals surface area contributed by atoms with E-state index in [0.29, 0.717) is 6.54 Å². The van der Waals surface area contributed by atoms with Crippen molar-refractivity contribution in [3.05, 3.63) is 59.0 Å². The highest BCUT2D eigenvalue weighted by molar-refractivity contribution is 6.30. The second-order valence-electron chi connectivity index (χ2n) is 8.31. The number of amides is 2. The summed E-state index contributed by atoms with van der Waals surface area (Å²) in [4.78, 5) is 17.3. The van der Waals surface area contributed by atoms with Gasteiger partial charge in [-0.1, -0.05) is 23.7 Å². The molecular formula is C23H31ClN4O2. The zero-order chi connectivity index (χ0) is 20.8. The van der Waals surface area contributed by atoms with Crippen LogP contribution < -0.4 is 10.6 Å². The largest absolute Gasteiger partial charge is 0.468 e. The Morgan fingerprint density at radius 1 is 1.10 bits per heavy atom. The lowest BCUT2D eigenvalue weighted by Gasteiger charge is -2.32. The van der Waals surface area contributed by atoms with E-state index < -0.39 is 0 Å². The quantitative estimate of drug-likeness (QED) is 0.696. The van der Waals surface area contributed by atoms with Crippen molar-refractivity contribution in [2.75, 3.05) is 32.7 Å². The van der Waals surface area contributed by atoms with Crippen molar-refractivity contribution in [1.29, 1.82) is 0 Å². The van der Waals surface area contributed by atoms with E-state index in [-0.39, 0.29) is 18.1 Å². The average Bonchev–Trinajstić information content (AvgIpc) is 3.46. The fourth-order valence-corrected chi connectivity index (χ4v) is 4.58. The molecule has 2 saturated heterocycles. The third-order valence-electron chi connectivity index (χ3n) is 6.15.